The highest BCUT2D eigenvalue weighted by Gasteiger charge is 2.48. The Morgan fingerprint density at radius 1 is 1.12 bits per heavy atom. The molecule has 7 nitrogen and oxygen atoms in total. The van der Waals surface area contributed by atoms with Gasteiger partial charge in [0, 0.05) is 24.1 Å². The summed E-state index contributed by atoms with van der Waals surface area (Å²) < 4.78 is 45.4. The second-order valence-electron chi connectivity index (χ2n) is 10.4. The second kappa shape index (κ2) is 7.70. The van der Waals surface area contributed by atoms with Crippen LogP contribution in [-0.2, 0) is 21.1 Å². The van der Waals surface area contributed by atoms with Crippen LogP contribution in [0.2, 0.25) is 0 Å². The van der Waals surface area contributed by atoms with Crippen molar-refractivity contribution < 1.29 is 27.5 Å². The van der Waals surface area contributed by atoms with Crippen molar-refractivity contribution in [2.45, 2.75) is 82.5 Å². The smallest absolute Gasteiger partial charge is 0.433 e. The van der Waals surface area contributed by atoms with Gasteiger partial charge in [-0.25, -0.2) is 9.78 Å². The SMILES string of the molecule is CC(C)(C)OC(=O)N1CCC2(CC1)N=C(c1ccc(C(F)(F)F)nc1C1(C)CCC1)NC2=O. The van der Waals surface area contributed by atoms with Gasteiger partial charge in [-0.3, -0.25) is 9.79 Å². The molecular formula is C23H29F3N4O3. The van der Waals surface area contributed by atoms with Crippen LogP contribution in [0.1, 0.15) is 76.8 Å². The maximum atomic E-state index is 13.3. The molecule has 1 aliphatic carbocycles. The van der Waals surface area contributed by atoms with E-state index in [2.05, 4.69) is 15.3 Å². The Balaban J connectivity index is 1.60. The molecule has 0 unspecified atom stereocenters. The van der Waals surface area contributed by atoms with Crippen LogP contribution in [0.25, 0.3) is 0 Å². The lowest BCUT2D eigenvalue weighted by Gasteiger charge is -2.39. The van der Waals surface area contributed by atoms with Crippen LogP contribution in [-0.4, -0.2) is 51.9 Å². The number of carbonyl (C=O) groups is 2. The molecule has 2 fully saturated rings. The fourth-order valence-electron chi connectivity index (χ4n) is 4.58. The predicted octanol–water partition coefficient (Wildman–Crippen LogP) is 4.19. The maximum Gasteiger partial charge on any atom is 0.433 e. The number of amides is 2. The van der Waals surface area contributed by atoms with E-state index in [4.69, 9.17) is 4.74 Å². The number of hydrogen-bond donors (Lipinski definition) is 1. The van der Waals surface area contributed by atoms with E-state index in [1.165, 1.54) is 6.07 Å². The van der Waals surface area contributed by atoms with E-state index in [9.17, 15) is 22.8 Å². The molecule has 1 N–H and O–H groups in total. The molecule has 1 spiro atoms. The summed E-state index contributed by atoms with van der Waals surface area (Å²) >= 11 is 0. The zero-order valence-electron chi connectivity index (χ0n) is 19.3. The Hall–Kier alpha value is -2.65. The Bertz CT molecular complexity index is 1000. The van der Waals surface area contributed by atoms with Crippen molar-refractivity contribution in [1.29, 1.82) is 0 Å². The zero-order chi connectivity index (χ0) is 24.2. The van der Waals surface area contributed by atoms with Crippen LogP contribution < -0.4 is 5.32 Å². The van der Waals surface area contributed by atoms with Gasteiger partial charge in [0.25, 0.3) is 5.91 Å². The fourth-order valence-corrected chi connectivity index (χ4v) is 4.58. The Labute approximate surface area is 190 Å². The summed E-state index contributed by atoms with van der Waals surface area (Å²) in [6, 6.07) is 2.30. The number of alkyl halides is 3. The van der Waals surface area contributed by atoms with Crippen LogP contribution in [0.4, 0.5) is 18.0 Å². The van der Waals surface area contributed by atoms with Gasteiger partial charge in [-0.15, -0.1) is 0 Å². The van der Waals surface area contributed by atoms with Gasteiger partial charge in [-0.2, -0.15) is 13.2 Å². The Morgan fingerprint density at radius 2 is 1.76 bits per heavy atom. The van der Waals surface area contributed by atoms with Crippen LogP contribution in [0, 0.1) is 0 Å². The molecule has 3 aliphatic rings. The molecular weight excluding hydrogens is 437 g/mol. The lowest BCUT2D eigenvalue weighted by atomic mass is 9.67. The zero-order valence-corrected chi connectivity index (χ0v) is 19.3. The quantitative estimate of drug-likeness (QED) is 0.709. The minimum Gasteiger partial charge on any atom is -0.444 e. The molecule has 1 aromatic heterocycles. The van der Waals surface area contributed by atoms with Gasteiger partial charge in [0.2, 0.25) is 0 Å². The van der Waals surface area contributed by atoms with Gasteiger partial charge in [0.1, 0.15) is 22.7 Å². The fraction of sp³-hybridized carbons (Fsp3) is 0.652. The molecule has 2 amide bonds. The van der Waals surface area contributed by atoms with E-state index in [0.29, 0.717) is 37.2 Å². The van der Waals surface area contributed by atoms with E-state index in [-0.39, 0.29) is 11.7 Å². The average molecular weight is 467 g/mol. The number of nitrogens with zero attached hydrogens (tertiary/aromatic N) is 3. The van der Waals surface area contributed by atoms with Crippen molar-refractivity contribution in [3.05, 3.63) is 29.1 Å². The summed E-state index contributed by atoms with van der Waals surface area (Å²) in [6.45, 7) is 7.86. The third-order valence-corrected chi connectivity index (χ3v) is 6.69. The second-order valence-corrected chi connectivity index (χ2v) is 10.4. The highest BCUT2D eigenvalue weighted by atomic mass is 19.4. The molecule has 1 saturated carbocycles. The molecule has 4 rings (SSSR count). The molecule has 0 aromatic carbocycles. The van der Waals surface area contributed by atoms with Crippen molar-refractivity contribution in [3.8, 4) is 0 Å². The number of amidine groups is 1. The van der Waals surface area contributed by atoms with Crippen LogP contribution in [0.15, 0.2) is 17.1 Å². The first-order valence-electron chi connectivity index (χ1n) is 11.2. The van der Waals surface area contributed by atoms with Gasteiger partial charge in [0.15, 0.2) is 0 Å². The predicted molar refractivity (Wildman–Crippen MR) is 115 cm³/mol. The Morgan fingerprint density at radius 3 is 2.27 bits per heavy atom. The van der Waals surface area contributed by atoms with Crippen LogP contribution in [0.3, 0.4) is 0 Å². The first kappa shape index (κ1) is 23.5. The van der Waals surface area contributed by atoms with Crippen molar-refractivity contribution in [3.63, 3.8) is 0 Å². The summed E-state index contributed by atoms with van der Waals surface area (Å²) in [5, 5.41) is 2.79. The minimum atomic E-state index is -4.55. The maximum absolute atomic E-state index is 13.3. The summed E-state index contributed by atoms with van der Waals surface area (Å²) in [5.41, 5.74) is -2.34. The van der Waals surface area contributed by atoms with E-state index < -0.39 is 34.5 Å². The van der Waals surface area contributed by atoms with Crippen LogP contribution >= 0.6 is 0 Å². The third-order valence-electron chi connectivity index (χ3n) is 6.69. The molecule has 0 bridgehead atoms. The first-order valence-corrected chi connectivity index (χ1v) is 11.2. The molecule has 3 heterocycles. The highest BCUT2D eigenvalue weighted by molar-refractivity contribution is 6.16. The number of likely N-dealkylation sites (tertiary alicyclic amines) is 1. The number of ether oxygens (including phenoxy) is 1. The lowest BCUT2D eigenvalue weighted by molar-refractivity contribution is -0.141. The minimum absolute atomic E-state index is 0.259. The average Bonchev–Trinajstić information content (AvgIpc) is 3.00. The number of aliphatic imine (C=N–C) groups is 1. The monoisotopic (exact) mass is 466 g/mol. The largest absolute Gasteiger partial charge is 0.444 e. The standard InChI is InChI=1S/C23H29F3N4O3/c1-20(2,3)33-19(32)30-12-10-22(11-13-30)18(31)28-17(29-22)14-6-7-15(23(24,25)26)27-16(14)21(4)8-5-9-21/h6-7H,5,8-13H2,1-4H3,(H,28,29,31). The van der Waals surface area contributed by atoms with Gasteiger partial charge in [0.05, 0.1) is 5.69 Å². The number of carbonyl (C=O) groups excluding carboxylic acids is 2. The summed E-state index contributed by atoms with van der Waals surface area (Å²) in [6.07, 6.45) is -2.00. The van der Waals surface area contributed by atoms with E-state index in [1.54, 1.807) is 25.7 Å². The molecule has 0 radical (unpaired) electrons. The Kier molecular flexibility index (Phi) is 5.48. The van der Waals surface area contributed by atoms with Crippen molar-refractivity contribution in [2.75, 3.05) is 13.1 Å². The number of piperidine rings is 1. The number of hydrogen-bond acceptors (Lipinski definition) is 5. The van der Waals surface area contributed by atoms with E-state index >= 15 is 0 Å². The van der Waals surface area contributed by atoms with Gasteiger partial charge in [-0.05, 0) is 58.6 Å². The van der Waals surface area contributed by atoms with Gasteiger partial charge in [-0.1, -0.05) is 13.3 Å². The summed E-state index contributed by atoms with van der Waals surface area (Å²) in [4.78, 5) is 35.5. The van der Waals surface area contributed by atoms with Crippen molar-refractivity contribution in [1.82, 2.24) is 15.2 Å². The highest BCUT2D eigenvalue weighted by Crippen LogP contribution is 2.45. The molecule has 1 aromatic rings. The van der Waals surface area contributed by atoms with Crippen molar-refractivity contribution in [2.24, 2.45) is 4.99 Å². The molecule has 10 heteroatoms. The van der Waals surface area contributed by atoms with Crippen molar-refractivity contribution >= 4 is 17.8 Å². The molecule has 180 valence electrons. The lowest BCUT2D eigenvalue weighted by Crippen LogP contribution is -2.51. The molecule has 2 aliphatic heterocycles. The number of rotatable bonds is 2. The first-order chi connectivity index (χ1) is 15.2. The van der Waals surface area contributed by atoms with Crippen LogP contribution in [0.5, 0.6) is 0 Å². The molecule has 0 atom stereocenters. The van der Waals surface area contributed by atoms with Gasteiger partial charge < -0.3 is 15.0 Å². The van der Waals surface area contributed by atoms with E-state index in [0.717, 1.165) is 25.3 Å². The normalized spacial score (nSPS) is 22.0. The molecule has 33 heavy (non-hydrogen) atoms. The summed E-state index contributed by atoms with van der Waals surface area (Å²) in [7, 11) is 0. The molecule has 1 saturated heterocycles. The number of nitrogens with one attached hydrogen (secondary N) is 1. The number of aromatic nitrogens is 1. The van der Waals surface area contributed by atoms with E-state index in [1.807, 2.05) is 6.92 Å². The summed E-state index contributed by atoms with van der Waals surface area (Å²) in [5.74, 6) is -0.0407. The number of halogens is 3. The number of pyridine rings is 1. The third kappa shape index (κ3) is 4.44. The van der Waals surface area contributed by atoms with Gasteiger partial charge >= 0.3 is 12.3 Å². The topological polar surface area (TPSA) is 83.9 Å².